The SMILES string of the molecule is CC1=CC2=C=CC=CC2N1. The molecule has 0 fully saturated rings. The Kier molecular flexibility index (Phi) is 1.06. The van der Waals surface area contributed by atoms with E-state index in [1.165, 1.54) is 11.3 Å². The minimum Gasteiger partial charge on any atom is -0.378 e. The first kappa shape index (κ1) is 5.57. The zero-order chi connectivity index (χ0) is 6.97. The summed E-state index contributed by atoms with van der Waals surface area (Å²) in [6, 6.07) is 0.394. The molecule has 0 bridgehead atoms. The predicted molar refractivity (Wildman–Crippen MR) is 41.4 cm³/mol. The van der Waals surface area contributed by atoms with Crippen molar-refractivity contribution in [3.05, 3.63) is 41.3 Å². The van der Waals surface area contributed by atoms with Gasteiger partial charge in [-0.3, -0.25) is 0 Å². The van der Waals surface area contributed by atoms with Crippen LogP contribution in [0.2, 0.25) is 0 Å². The summed E-state index contributed by atoms with van der Waals surface area (Å²) in [6.45, 7) is 2.07. The molecule has 0 saturated carbocycles. The van der Waals surface area contributed by atoms with E-state index in [0.29, 0.717) is 6.04 Å². The highest BCUT2D eigenvalue weighted by molar-refractivity contribution is 5.41. The van der Waals surface area contributed by atoms with E-state index >= 15 is 0 Å². The van der Waals surface area contributed by atoms with E-state index in [4.69, 9.17) is 0 Å². The fraction of sp³-hybridized carbons (Fsp3) is 0.222. The van der Waals surface area contributed by atoms with Gasteiger partial charge in [-0.15, -0.1) is 5.73 Å². The largest absolute Gasteiger partial charge is 0.378 e. The fourth-order valence-corrected chi connectivity index (χ4v) is 1.28. The summed E-state index contributed by atoms with van der Waals surface area (Å²) >= 11 is 0. The van der Waals surface area contributed by atoms with Gasteiger partial charge in [-0.2, -0.15) is 0 Å². The van der Waals surface area contributed by atoms with Gasteiger partial charge in [-0.05, 0) is 19.1 Å². The molecule has 0 aromatic heterocycles. The predicted octanol–water partition coefficient (Wildman–Crippen LogP) is 1.51. The van der Waals surface area contributed by atoms with Crippen LogP contribution in [0.15, 0.2) is 41.3 Å². The molecule has 1 unspecified atom stereocenters. The Labute approximate surface area is 60.4 Å². The number of hydrogen-bond donors (Lipinski definition) is 1. The Morgan fingerprint density at radius 2 is 2.50 bits per heavy atom. The fourth-order valence-electron chi connectivity index (χ4n) is 1.28. The van der Waals surface area contributed by atoms with E-state index in [9.17, 15) is 0 Å². The molecule has 1 atom stereocenters. The second-order valence-corrected chi connectivity index (χ2v) is 2.60. The van der Waals surface area contributed by atoms with Crippen molar-refractivity contribution >= 4 is 0 Å². The maximum Gasteiger partial charge on any atom is 0.0771 e. The molecule has 0 aromatic rings. The van der Waals surface area contributed by atoms with Crippen LogP contribution in [0, 0.1) is 0 Å². The maximum absolute atomic E-state index is 3.31. The monoisotopic (exact) mass is 131 g/mol. The molecule has 1 heterocycles. The summed E-state index contributed by atoms with van der Waals surface area (Å²) < 4.78 is 0. The molecule has 50 valence electrons. The smallest absolute Gasteiger partial charge is 0.0771 e. The van der Waals surface area contributed by atoms with E-state index < -0.39 is 0 Å². The minimum absolute atomic E-state index is 0.394. The van der Waals surface area contributed by atoms with Gasteiger partial charge in [0, 0.05) is 11.3 Å². The van der Waals surface area contributed by atoms with Crippen molar-refractivity contribution in [2.75, 3.05) is 0 Å². The lowest BCUT2D eigenvalue weighted by atomic mass is 10.1. The minimum atomic E-state index is 0.394. The molecule has 1 nitrogen and oxygen atoms in total. The lowest BCUT2D eigenvalue weighted by molar-refractivity contribution is 0.807. The van der Waals surface area contributed by atoms with Crippen molar-refractivity contribution in [1.82, 2.24) is 5.32 Å². The molecule has 2 rings (SSSR count). The van der Waals surface area contributed by atoms with E-state index in [1.54, 1.807) is 0 Å². The van der Waals surface area contributed by atoms with Crippen LogP contribution in [0.3, 0.4) is 0 Å². The third-order valence-electron chi connectivity index (χ3n) is 1.74. The van der Waals surface area contributed by atoms with E-state index in [-0.39, 0.29) is 0 Å². The van der Waals surface area contributed by atoms with Gasteiger partial charge in [0.05, 0.1) is 6.04 Å². The summed E-state index contributed by atoms with van der Waals surface area (Å²) in [7, 11) is 0. The maximum atomic E-state index is 3.31. The van der Waals surface area contributed by atoms with Crippen LogP contribution >= 0.6 is 0 Å². The topological polar surface area (TPSA) is 12.0 Å². The Morgan fingerprint density at radius 3 is 3.30 bits per heavy atom. The van der Waals surface area contributed by atoms with Gasteiger partial charge in [-0.1, -0.05) is 12.2 Å². The van der Waals surface area contributed by atoms with Crippen LogP contribution < -0.4 is 5.32 Å². The average Bonchev–Trinajstić information content (AvgIpc) is 2.27. The highest BCUT2D eigenvalue weighted by Gasteiger charge is 2.15. The first-order valence-corrected chi connectivity index (χ1v) is 3.44. The van der Waals surface area contributed by atoms with Gasteiger partial charge in [0.1, 0.15) is 0 Å². The van der Waals surface area contributed by atoms with Gasteiger partial charge < -0.3 is 5.32 Å². The molecule has 2 aliphatic rings. The van der Waals surface area contributed by atoms with Crippen LogP contribution in [0.25, 0.3) is 0 Å². The summed E-state index contributed by atoms with van der Waals surface area (Å²) in [4.78, 5) is 0. The molecule has 0 aromatic carbocycles. The highest BCUT2D eigenvalue weighted by atomic mass is 14.9. The van der Waals surface area contributed by atoms with Crippen LogP contribution in [-0.4, -0.2) is 6.04 Å². The lowest BCUT2D eigenvalue weighted by Crippen LogP contribution is -2.20. The molecule has 0 radical (unpaired) electrons. The van der Waals surface area contributed by atoms with Crippen LogP contribution in [-0.2, 0) is 0 Å². The quantitative estimate of drug-likeness (QED) is 0.491. The van der Waals surface area contributed by atoms with E-state index in [0.717, 1.165) is 0 Å². The number of nitrogens with one attached hydrogen (secondary N) is 1. The summed E-state index contributed by atoms with van der Waals surface area (Å²) in [6.07, 6.45) is 8.24. The van der Waals surface area contributed by atoms with Crippen molar-refractivity contribution in [3.8, 4) is 0 Å². The zero-order valence-corrected chi connectivity index (χ0v) is 5.89. The first-order chi connectivity index (χ1) is 4.86. The Balaban J connectivity index is 2.44. The summed E-state index contributed by atoms with van der Waals surface area (Å²) in [5.41, 5.74) is 5.66. The molecule has 1 heteroatoms. The number of fused-ring (bicyclic) bond motifs is 1. The highest BCUT2D eigenvalue weighted by Crippen LogP contribution is 2.17. The summed E-state index contributed by atoms with van der Waals surface area (Å²) in [5, 5.41) is 3.31. The van der Waals surface area contributed by atoms with E-state index in [2.05, 4.69) is 30.1 Å². The van der Waals surface area contributed by atoms with Gasteiger partial charge in [0.15, 0.2) is 0 Å². The third kappa shape index (κ3) is 0.722. The van der Waals surface area contributed by atoms with Crippen molar-refractivity contribution in [2.45, 2.75) is 13.0 Å². The van der Waals surface area contributed by atoms with Crippen molar-refractivity contribution < 1.29 is 0 Å². The molecule has 0 spiro atoms. The van der Waals surface area contributed by atoms with E-state index in [1.807, 2.05) is 12.2 Å². The Hall–Kier alpha value is -1.20. The molecular weight excluding hydrogens is 122 g/mol. The first-order valence-electron chi connectivity index (χ1n) is 3.44. The molecule has 1 aliphatic carbocycles. The van der Waals surface area contributed by atoms with Crippen molar-refractivity contribution in [2.24, 2.45) is 0 Å². The van der Waals surface area contributed by atoms with Crippen molar-refractivity contribution in [3.63, 3.8) is 0 Å². The van der Waals surface area contributed by atoms with Gasteiger partial charge >= 0.3 is 0 Å². The molecule has 1 N–H and O–H groups in total. The molecule has 1 aliphatic heterocycles. The number of rotatable bonds is 0. The molecule has 0 amide bonds. The third-order valence-corrected chi connectivity index (χ3v) is 1.74. The zero-order valence-electron chi connectivity index (χ0n) is 5.89. The van der Waals surface area contributed by atoms with Crippen LogP contribution in [0.1, 0.15) is 6.92 Å². The van der Waals surface area contributed by atoms with Gasteiger partial charge in [0.2, 0.25) is 0 Å². The van der Waals surface area contributed by atoms with Gasteiger partial charge in [0.25, 0.3) is 0 Å². The number of allylic oxidation sites excluding steroid dienone is 2. The Bertz CT molecular complexity index is 275. The Morgan fingerprint density at radius 1 is 1.60 bits per heavy atom. The molecule has 0 saturated heterocycles. The van der Waals surface area contributed by atoms with Gasteiger partial charge in [-0.25, -0.2) is 0 Å². The number of hydrogen-bond acceptors (Lipinski definition) is 1. The average molecular weight is 131 g/mol. The van der Waals surface area contributed by atoms with Crippen LogP contribution in [0.4, 0.5) is 0 Å². The second kappa shape index (κ2) is 1.89. The van der Waals surface area contributed by atoms with Crippen molar-refractivity contribution in [1.29, 1.82) is 0 Å². The summed E-state index contributed by atoms with van der Waals surface area (Å²) in [5.74, 6) is 0. The van der Waals surface area contributed by atoms with Crippen LogP contribution in [0.5, 0.6) is 0 Å². The molecule has 10 heavy (non-hydrogen) atoms. The standard InChI is InChI=1S/C9H9N/c1-7-6-8-4-2-3-5-9(8)10-7/h2-3,5-6,9-10H,1H3. The second-order valence-electron chi connectivity index (χ2n) is 2.60. The molecular formula is C9H9N. The normalized spacial score (nSPS) is 27.1. The lowest BCUT2D eigenvalue weighted by Gasteiger charge is -2.08.